The summed E-state index contributed by atoms with van der Waals surface area (Å²) in [7, 11) is 0. The average molecular weight is 274 g/mol. The highest BCUT2D eigenvalue weighted by Crippen LogP contribution is 2.10. The highest BCUT2D eigenvalue weighted by Gasteiger charge is 2.00. The van der Waals surface area contributed by atoms with E-state index >= 15 is 0 Å². The standard InChI is InChI=1S/C14H18N4S/c1-2-13-17-12(10-19-13)8-9-16-14(15)18-11-6-4-3-5-7-11/h3-7,10H,2,8-9H2,1H3,(H3,15,16,18). The van der Waals surface area contributed by atoms with Crippen molar-refractivity contribution in [3.63, 3.8) is 0 Å². The molecule has 2 aromatic rings. The topological polar surface area (TPSA) is 63.3 Å². The Morgan fingerprint density at radius 3 is 2.84 bits per heavy atom. The number of anilines is 1. The summed E-state index contributed by atoms with van der Waals surface area (Å²) in [6.45, 7) is 2.76. The number of nitrogens with two attached hydrogens (primary N) is 1. The van der Waals surface area contributed by atoms with Gasteiger partial charge in [-0.1, -0.05) is 25.1 Å². The van der Waals surface area contributed by atoms with E-state index in [0.29, 0.717) is 12.5 Å². The number of benzene rings is 1. The van der Waals surface area contributed by atoms with E-state index < -0.39 is 0 Å². The normalized spacial score (nSPS) is 11.5. The first-order valence-electron chi connectivity index (χ1n) is 6.33. The Balaban J connectivity index is 1.81. The lowest BCUT2D eigenvalue weighted by atomic mass is 10.3. The molecule has 1 aromatic heterocycles. The van der Waals surface area contributed by atoms with Crippen molar-refractivity contribution in [2.24, 2.45) is 10.7 Å². The molecule has 1 aromatic carbocycles. The van der Waals surface area contributed by atoms with Crippen molar-refractivity contribution >= 4 is 23.0 Å². The van der Waals surface area contributed by atoms with Crippen LogP contribution in [0, 0.1) is 0 Å². The predicted octanol–water partition coefficient (Wildman–Crippen LogP) is 2.67. The number of aryl methyl sites for hydroxylation is 1. The molecule has 100 valence electrons. The number of hydrogen-bond donors (Lipinski definition) is 2. The molecule has 0 radical (unpaired) electrons. The molecule has 0 aliphatic heterocycles. The predicted molar refractivity (Wildman–Crippen MR) is 81.8 cm³/mol. The highest BCUT2D eigenvalue weighted by molar-refractivity contribution is 7.09. The number of aliphatic imine (C=N–C) groups is 1. The first-order valence-corrected chi connectivity index (χ1v) is 7.21. The second kappa shape index (κ2) is 6.89. The maximum absolute atomic E-state index is 5.82. The minimum Gasteiger partial charge on any atom is -0.370 e. The molecular weight excluding hydrogens is 256 g/mol. The number of thiazole rings is 1. The first-order chi connectivity index (χ1) is 9.28. The van der Waals surface area contributed by atoms with Crippen molar-refractivity contribution in [2.45, 2.75) is 19.8 Å². The summed E-state index contributed by atoms with van der Waals surface area (Å²) >= 11 is 1.70. The number of nitrogens with zero attached hydrogens (tertiary/aromatic N) is 2. The van der Waals surface area contributed by atoms with Crippen molar-refractivity contribution < 1.29 is 0 Å². The van der Waals surface area contributed by atoms with Gasteiger partial charge in [0.1, 0.15) is 0 Å². The molecule has 0 fully saturated rings. The van der Waals surface area contributed by atoms with E-state index in [9.17, 15) is 0 Å². The van der Waals surface area contributed by atoms with Crippen LogP contribution in [0.4, 0.5) is 5.69 Å². The van der Waals surface area contributed by atoms with Gasteiger partial charge in [-0.15, -0.1) is 11.3 Å². The quantitative estimate of drug-likeness (QED) is 0.651. The van der Waals surface area contributed by atoms with Gasteiger partial charge in [-0.05, 0) is 18.6 Å². The Morgan fingerprint density at radius 2 is 2.16 bits per heavy atom. The molecule has 0 spiro atoms. The summed E-state index contributed by atoms with van der Waals surface area (Å²) in [4.78, 5) is 8.80. The molecular formula is C14H18N4S. The fourth-order valence-electron chi connectivity index (χ4n) is 1.63. The minimum atomic E-state index is 0.442. The number of hydrogen-bond acceptors (Lipinski definition) is 3. The largest absolute Gasteiger partial charge is 0.370 e. The van der Waals surface area contributed by atoms with Crippen LogP contribution in [-0.4, -0.2) is 17.5 Å². The maximum atomic E-state index is 5.82. The van der Waals surface area contributed by atoms with Crippen LogP contribution in [0.15, 0.2) is 40.7 Å². The van der Waals surface area contributed by atoms with Gasteiger partial charge in [0.05, 0.1) is 10.7 Å². The number of guanidine groups is 1. The summed E-state index contributed by atoms with van der Waals surface area (Å²) in [5, 5.41) is 6.32. The summed E-state index contributed by atoms with van der Waals surface area (Å²) in [6.07, 6.45) is 1.82. The Hall–Kier alpha value is -1.88. The third kappa shape index (κ3) is 4.37. The SMILES string of the molecule is CCc1nc(CCN=C(N)Nc2ccccc2)cs1. The lowest BCUT2D eigenvalue weighted by Crippen LogP contribution is -2.23. The molecule has 0 atom stereocenters. The summed E-state index contributed by atoms with van der Waals surface area (Å²) in [6, 6.07) is 9.78. The number of nitrogens with one attached hydrogen (secondary N) is 1. The van der Waals surface area contributed by atoms with Gasteiger partial charge in [0.2, 0.25) is 0 Å². The van der Waals surface area contributed by atoms with Crippen LogP contribution in [0.5, 0.6) is 0 Å². The van der Waals surface area contributed by atoms with E-state index in [1.165, 1.54) is 5.01 Å². The zero-order chi connectivity index (χ0) is 13.5. The molecule has 3 N–H and O–H groups in total. The summed E-state index contributed by atoms with van der Waals surface area (Å²) < 4.78 is 0. The fraction of sp³-hybridized carbons (Fsp3) is 0.286. The monoisotopic (exact) mass is 274 g/mol. The third-order valence-electron chi connectivity index (χ3n) is 2.60. The molecule has 0 saturated heterocycles. The van der Waals surface area contributed by atoms with Crippen molar-refractivity contribution in [3.05, 3.63) is 46.4 Å². The summed E-state index contributed by atoms with van der Waals surface area (Å²) in [5.74, 6) is 0.442. The van der Waals surface area contributed by atoms with Gasteiger partial charge >= 0.3 is 0 Å². The lowest BCUT2D eigenvalue weighted by Gasteiger charge is -2.04. The molecule has 0 amide bonds. The van der Waals surface area contributed by atoms with Gasteiger partial charge in [0.15, 0.2) is 5.96 Å². The van der Waals surface area contributed by atoms with Crippen LogP contribution < -0.4 is 11.1 Å². The van der Waals surface area contributed by atoms with Crippen LogP contribution in [-0.2, 0) is 12.8 Å². The van der Waals surface area contributed by atoms with E-state index in [2.05, 4.69) is 27.6 Å². The van der Waals surface area contributed by atoms with Crippen molar-refractivity contribution in [3.8, 4) is 0 Å². The molecule has 0 aliphatic carbocycles. The van der Waals surface area contributed by atoms with E-state index in [0.717, 1.165) is 24.2 Å². The smallest absolute Gasteiger partial charge is 0.193 e. The van der Waals surface area contributed by atoms with Gasteiger partial charge in [-0.2, -0.15) is 0 Å². The molecule has 0 bridgehead atoms. The second-order valence-corrected chi connectivity index (χ2v) is 5.04. The zero-order valence-electron chi connectivity index (χ0n) is 11.0. The number of rotatable bonds is 5. The first kappa shape index (κ1) is 13.5. The summed E-state index contributed by atoms with van der Waals surface area (Å²) in [5.41, 5.74) is 7.87. The molecule has 1 heterocycles. The van der Waals surface area contributed by atoms with Gasteiger partial charge in [0, 0.05) is 24.0 Å². The fourth-order valence-corrected chi connectivity index (χ4v) is 2.41. The van der Waals surface area contributed by atoms with Gasteiger partial charge < -0.3 is 11.1 Å². The van der Waals surface area contributed by atoms with Crippen LogP contribution in [0.3, 0.4) is 0 Å². The van der Waals surface area contributed by atoms with Crippen molar-refractivity contribution in [1.82, 2.24) is 4.98 Å². The van der Waals surface area contributed by atoms with Crippen molar-refractivity contribution in [1.29, 1.82) is 0 Å². The Morgan fingerprint density at radius 1 is 1.37 bits per heavy atom. The van der Waals surface area contributed by atoms with Crippen LogP contribution >= 0.6 is 11.3 Å². The van der Waals surface area contributed by atoms with E-state index in [1.807, 2.05) is 30.3 Å². The van der Waals surface area contributed by atoms with Crippen LogP contribution in [0.25, 0.3) is 0 Å². The molecule has 0 aliphatic rings. The molecule has 4 nitrogen and oxygen atoms in total. The lowest BCUT2D eigenvalue weighted by molar-refractivity contribution is 0.916. The highest BCUT2D eigenvalue weighted by atomic mass is 32.1. The van der Waals surface area contributed by atoms with Gasteiger partial charge in [0.25, 0.3) is 0 Å². The van der Waals surface area contributed by atoms with E-state index in [-0.39, 0.29) is 0 Å². The van der Waals surface area contributed by atoms with Gasteiger partial charge in [-0.3, -0.25) is 4.99 Å². The Bertz CT molecular complexity index is 533. The Labute approximate surface area is 117 Å². The molecule has 0 saturated carbocycles. The van der Waals surface area contributed by atoms with Crippen molar-refractivity contribution in [2.75, 3.05) is 11.9 Å². The minimum absolute atomic E-state index is 0.442. The van der Waals surface area contributed by atoms with Gasteiger partial charge in [-0.25, -0.2) is 4.98 Å². The third-order valence-corrected chi connectivity index (χ3v) is 3.64. The zero-order valence-corrected chi connectivity index (χ0v) is 11.8. The maximum Gasteiger partial charge on any atom is 0.193 e. The average Bonchev–Trinajstić information content (AvgIpc) is 2.88. The van der Waals surface area contributed by atoms with E-state index in [1.54, 1.807) is 11.3 Å². The molecule has 19 heavy (non-hydrogen) atoms. The Kier molecular flexibility index (Phi) is 4.92. The number of aromatic nitrogens is 1. The molecule has 2 rings (SSSR count). The molecule has 0 unspecified atom stereocenters. The number of para-hydroxylation sites is 1. The van der Waals surface area contributed by atoms with Crippen LogP contribution in [0.2, 0.25) is 0 Å². The van der Waals surface area contributed by atoms with E-state index in [4.69, 9.17) is 5.73 Å². The molecule has 5 heteroatoms. The van der Waals surface area contributed by atoms with Crippen LogP contribution in [0.1, 0.15) is 17.6 Å². The second-order valence-electron chi connectivity index (χ2n) is 4.09.